The Bertz CT molecular complexity index is 563. The smallest absolute Gasteiger partial charge is 0.399 e. The molecule has 2 heterocycles. The molecule has 4 nitrogen and oxygen atoms in total. The Hall–Kier alpha value is -1.11. The molecule has 2 saturated heterocycles. The van der Waals surface area contributed by atoms with Gasteiger partial charge in [-0.3, -0.25) is 0 Å². The van der Waals surface area contributed by atoms with Gasteiger partial charge in [0.1, 0.15) is 5.82 Å². The highest BCUT2D eigenvalue weighted by Crippen LogP contribution is 2.36. The van der Waals surface area contributed by atoms with E-state index in [4.69, 9.17) is 9.31 Å². The van der Waals surface area contributed by atoms with Crippen LogP contribution in [0.15, 0.2) is 18.2 Å². The van der Waals surface area contributed by atoms with E-state index < -0.39 is 18.3 Å². The second kappa shape index (κ2) is 5.22. The molecule has 120 valence electrons. The van der Waals surface area contributed by atoms with Crippen molar-refractivity contribution in [2.24, 2.45) is 0 Å². The molecule has 2 aliphatic heterocycles. The molecule has 0 radical (unpaired) electrons. The molecule has 1 aromatic rings. The molecule has 0 unspecified atom stereocenters. The average molecular weight is 307 g/mol. The minimum atomic E-state index is -0.558. The number of rotatable bonds is 2. The highest BCUT2D eigenvalue weighted by atomic mass is 19.1. The van der Waals surface area contributed by atoms with Crippen molar-refractivity contribution >= 4 is 18.3 Å². The Kier molecular flexibility index (Phi) is 3.74. The summed E-state index contributed by atoms with van der Waals surface area (Å²) < 4.78 is 26.3. The van der Waals surface area contributed by atoms with E-state index in [0.717, 1.165) is 0 Å². The molecule has 1 aromatic carbocycles. The van der Waals surface area contributed by atoms with Gasteiger partial charge in [-0.15, -0.1) is 0 Å². The van der Waals surface area contributed by atoms with Gasteiger partial charge >= 0.3 is 7.12 Å². The zero-order valence-corrected chi connectivity index (χ0v) is 13.6. The van der Waals surface area contributed by atoms with E-state index in [1.54, 1.807) is 6.07 Å². The van der Waals surface area contributed by atoms with Crippen molar-refractivity contribution in [3.05, 3.63) is 24.0 Å². The quantitative estimate of drug-likeness (QED) is 0.845. The fourth-order valence-corrected chi connectivity index (χ4v) is 2.87. The molecule has 0 saturated carbocycles. The molecule has 0 spiro atoms. The molecule has 2 aliphatic rings. The van der Waals surface area contributed by atoms with Gasteiger partial charge in [0.15, 0.2) is 0 Å². The van der Waals surface area contributed by atoms with Gasteiger partial charge in [0, 0.05) is 13.1 Å². The normalized spacial score (nSPS) is 26.7. The summed E-state index contributed by atoms with van der Waals surface area (Å²) in [6.07, 6.45) is 0.306. The molecule has 1 atom stereocenters. The van der Waals surface area contributed by atoms with E-state index >= 15 is 0 Å². The summed E-state index contributed by atoms with van der Waals surface area (Å²) in [7, 11) is -0.558. The van der Waals surface area contributed by atoms with Gasteiger partial charge in [0.25, 0.3) is 0 Å². The van der Waals surface area contributed by atoms with Crippen LogP contribution in [0.4, 0.5) is 10.1 Å². The Labute approximate surface area is 131 Å². The first kappa shape index (κ1) is 15.8. The highest BCUT2D eigenvalue weighted by Gasteiger charge is 2.51. The van der Waals surface area contributed by atoms with Gasteiger partial charge in [-0.2, -0.15) is 0 Å². The van der Waals surface area contributed by atoms with E-state index in [9.17, 15) is 9.50 Å². The lowest BCUT2D eigenvalue weighted by Crippen LogP contribution is -2.41. The lowest BCUT2D eigenvalue weighted by atomic mass is 9.79. The van der Waals surface area contributed by atoms with Crippen LogP contribution in [0.5, 0.6) is 0 Å². The van der Waals surface area contributed by atoms with Crippen LogP contribution in [0.25, 0.3) is 0 Å². The maximum atomic E-state index is 14.4. The van der Waals surface area contributed by atoms with Gasteiger partial charge in [-0.05, 0) is 51.7 Å². The van der Waals surface area contributed by atoms with Gasteiger partial charge in [0.2, 0.25) is 0 Å². The van der Waals surface area contributed by atoms with Crippen LogP contribution in [0.2, 0.25) is 0 Å². The van der Waals surface area contributed by atoms with E-state index in [-0.39, 0.29) is 11.9 Å². The summed E-state index contributed by atoms with van der Waals surface area (Å²) in [5, 5.41) is 9.59. The molecule has 1 N–H and O–H groups in total. The second-order valence-corrected chi connectivity index (χ2v) is 7.19. The third-order valence-corrected chi connectivity index (χ3v) is 5.00. The summed E-state index contributed by atoms with van der Waals surface area (Å²) in [5.74, 6) is -0.304. The van der Waals surface area contributed by atoms with Crippen LogP contribution < -0.4 is 10.4 Å². The summed E-state index contributed by atoms with van der Waals surface area (Å²) in [6, 6.07) is 5.06. The lowest BCUT2D eigenvalue weighted by molar-refractivity contribution is 0.00578. The SMILES string of the molecule is CC1(C)OB(c2ccc(N3CC[C@H](O)C3)c(F)c2)OC1(C)C. The standard InChI is InChI=1S/C16H23BFNO3/c1-15(2)16(3,4)22-17(21-15)11-5-6-14(13(18)9-11)19-8-7-12(20)10-19/h5-6,9,12,20H,7-8,10H2,1-4H3/t12-/m0/s1. The number of anilines is 1. The van der Waals surface area contributed by atoms with Crippen LogP contribution in [0.3, 0.4) is 0 Å². The fourth-order valence-electron chi connectivity index (χ4n) is 2.87. The summed E-state index contributed by atoms with van der Waals surface area (Å²) in [6.45, 7) is 9.06. The molecule has 0 bridgehead atoms. The molecular weight excluding hydrogens is 284 g/mol. The number of hydrogen-bond donors (Lipinski definition) is 1. The number of nitrogens with zero attached hydrogens (tertiary/aromatic N) is 1. The molecule has 0 aromatic heterocycles. The van der Waals surface area contributed by atoms with E-state index in [2.05, 4.69) is 0 Å². The largest absolute Gasteiger partial charge is 0.494 e. The summed E-state index contributed by atoms with van der Waals surface area (Å²) >= 11 is 0. The Morgan fingerprint density at radius 3 is 2.36 bits per heavy atom. The maximum Gasteiger partial charge on any atom is 0.494 e. The van der Waals surface area contributed by atoms with E-state index in [1.807, 2.05) is 38.7 Å². The van der Waals surface area contributed by atoms with Gasteiger partial charge < -0.3 is 19.3 Å². The van der Waals surface area contributed by atoms with Gasteiger partial charge in [-0.25, -0.2) is 4.39 Å². The molecule has 0 amide bonds. The minimum absolute atomic E-state index is 0.304. The first-order chi connectivity index (χ1) is 10.2. The number of aliphatic hydroxyl groups excluding tert-OH is 1. The maximum absolute atomic E-state index is 14.4. The minimum Gasteiger partial charge on any atom is -0.399 e. The first-order valence-corrected chi connectivity index (χ1v) is 7.78. The predicted octanol–water partition coefficient (Wildman–Crippen LogP) is 1.70. The summed E-state index contributed by atoms with van der Waals surface area (Å²) in [5.41, 5.74) is 0.328. The lowest BCUT2D eigenvalue weighted by Gasteiger charge is -2.32. The van der Waals surface area contributed by atoms with Crippen LogP contribution in [-0.4, -0.2) is 42.6 Å². The number of halogens is 1. The third kappa shape index (κ3) is 2.64. The molecule has 2 fully saturated rings. The first-order valence-electron chi connectivity index (χ1n) is 7.78. The predicted molar refractivity (Wildman–Crippen MR) is 85.0 cm³/mol. The van der Waals surface area contributed by atoms with Gasteiger partial charge in [0.05, 0.1) is 23.0 Å². The second-order valence-electron chi connectivity index (χ2n) is 7.19. The van der Waals surface area contributed by atoms with Crippen molar-refractivity contribution in [1.29, 1.82) is 0 Å². The van der Waals surface area contributed by atoms with Crippen molar-refractivity contribution in [2.45, 2.75) is 51.4 Å². The van der Waals surface area contributed by atoms with Crippen LogP contribution in [0, 0.1) is 5.82 Å². The van der Waals surface area contributed by atoms with Crippen molar-refractivity contribution in [3.8, 4) is 0 Å². The Morgan fingerprint density at radius 1 is 1.23 bits per heavy atom. The molecule has 6 heteroatoms. The number of aliphatic hydroxyl groups is 1. The highest BCUT2D eigenvalue weighted by molar-refractivity contribution is 6.62. The third-order valence-electron chi connectivity index (χ3n) is 5.00. The van der Waals surface area contributed by atoms with E-state index in [1.165, 1.54) is 6.07 Å². The Balaban J connectivity index is 1.81. The summed E-state index contributed by atoms with van der Waals surface area (Å²) in [4.78, 5) is 1.87. The van der Waals surface area contributed by atoms with Crippen LogP contribution in [0.1, 0.15) is 34.1 Å². The topological polar surface area (TPSA) is 41.9 Å². The molecular formula is C16H23BFNO3. The van der Waals surface area contributed by atoms with Gasteiger partial charge in [-0.1, -0.05) is 6.07 Å². The zero-order valence-electron chi connectivity index (χ0n) is 13.6. The van der Waals surface area contributed by atoms with Crippen molar-refractivity contribution < 1.29 is 18.8 Å². The van der Waals surface area contributed by atoms with E-state index in [0.29, 0.717) is 30.7 Å². The van der Waals surface area contributed by atoms with Crippen molar-refractivity contribution in [2.75, 3.05) is 18.0 Å². The van der Waals surface area contributed by atoms with Crippen LogP contribution >= 0.6 is 0 Å². The van der Waals surface area contributed by atoms with Crippen LogP contribution in [-0.2, 0) is 9.31 Å². The molecule has 3 rings (SSSR count). The number of hydrogen-bond acceptors (Lipinski definition) is 4. The monoisotopic (exact) mass is 307 g/mol. The average Bonchev–Trinajstić information content (AvgIpc) is 2.91. The molecule has 22 heavy (non-hydrogen) atoms. The van der Waals surface area contributed by atoms with Crippen molar-refractivity contribution in [1.82, 2.24) is 0 Å². The zero-order chi connectivity index (χ0) is 16.1. The number of benzene rings is 1. The fraction of sp³-hybridized carbons (Fsp3) is 0.625. The molecule has 0 aliphatic carbocycles. The Morgan fingerprint density at radius 2 is 1.86 bits per heavy atom. The number of β-amino-alcohol motifs (C(OH)–C–C–N with tert-alkyl or cyclic N) is 1. The van der Waals surface area contributed by atoms with Crippen molar-refractivity contribution in [3.63, 3.8) is 0 Å².